The van der Waals surface area contributed by atoms with Crippen LogP contribution in [-0.4, -0.2) is 30.2 Å². The van der Waals surface area contributed by atoms with Crippen molar-refractivity contribution in [3.05, 3.63) is 58.1 Å². The molecule has 0 radical (unpaired) electrons. The average molecular weight is 409 g/mol. The van der Waals surface area contributed by atoms with E-state index < -0.39 is 17.7 Å². The molecular formula is C18H14ClFN2O4S. The first-order valence-corrected chi connectivity index (χ1v) is 8.97. The lowest BCUT2D eigenvalue weighted by molar-refractivity contribution is -0.141. The minimum absolute atomic E-state index is 0.147. The second-order valence-electron chi connectivity index (χ2n) is 5.41. The molecule has 0 saturated heterocycles. The number of rotatable bonds is 5. The predicted molar refractivity (Wildman–Crippen MR) is 99.3 cm³/mol. The summed E-state index contributed by atoms with van der Waals surface area (Å²) in [7, 11) is 1.26. The maximum absolute atomic E-state index is 13.5. The van der Waals surface area contributed by atoms with Gasteiger partial charge in [0.2, 0.25) is 0 Å². The molecule has 3 rings (SSSR count). The Bertz CT molecular complexity index is 1060. The van der Waals surface area contributed by atoms with E-state index in [0.29, 0.717) is 21.0 Å². The van der Waals surface area contributed by atoms with Gasteiger partial charge in [0.25, 0.3) is 5.91 Å². The molecule has 3 aromatic rings. The van der Waals surface area contributed by atoms with Gasteiger partial charge in [-0.3, -0.25) is 9.59 Å². The van der Waals surface area contributed by atoms with Crippen molar-refractivity contribution >= 4 is 45.0 Å². The van der Waals surface area contributed by atoms with Gasteiger partial charge in [0.1, 0.15) is 18.1 Å². The number of methoxy groups -OCH3 is 1. The molecule has 2 aromatic carbocycles. The molecule has 0 unspecified atom stereocenters. The van der Waals surface area contributed by atoms with Crippen molar-refractivity contribution in [3.8, 4) is 5.75 Å². The standard InChI is InChI=1S/C18H14ClFN2O4S/c1-25-17(24)9-22-14-7-4-12(20)8-15(14)27-18(22)21-16(23)10-26-13-5-2-11(19)3-6-13/h2-8H,9-10H2,1H3. The van der Waals surface area contributed by atoms with E-state index in [4.69, 9.17) is 16.3 Å². The van der Waals surface area contributed by atoms with E-state index in [9.17, 15) is 14.0 Å². The number of esters is 1. The zero-order valence-corrected chi connectivity index (χ0v) is 15.7. The Hall–Kier alpha value is -2.71. The van der Waals surface area contributed by atoms with Gasteiger partial charge in [-0.15, -0.1) is 0 Å². The number of ether oxygens (including phenoxy) is 2. The van der Waals surface area contributed by atoms with Crippen LogP contribution >= 0.6 is 22.9 Å². The van der Waals surface area contributed by atoms with Gasteiger partial charge in [0, 0.05) is 5.02 Å². The van der Waals surface area contributed by atoms with E-state index in [-0.39, 0.29) is 18.0 Å². The van der Waals surface area contributed by atoms with Gasteiger partial charge in [-0.1, -0.05) is 22.9 Å². The molecule has 1 heterocycles. The van der Waals surface area contributed by atoms with Crippen LogP contribution in [0.25, 0.3) is 10.2 Å². The fourth-order valence-electron chi connectivity index (χ4n) is 2.29. The van der Waals surface area contributed by atoms with Crippen molar-refractivity contribution in [1.82, 2.24) is 4.57 Å². The molecule has 0 bridgehead atoms. The molecule has 0 atom stereocenters. The molecule has 0 aliphatic heterocycles. The minimum atomic E-state index is -0.546. The summed E-state index contributed by atoms with van der Waals surface area (Å²) < 4.78 is 25.6. The SMILES string of the molecule is COC(=O)Cn1c(=NC(=O)COc2ccc(Cl)cc2)sc2cc(F)ccc21. The van der Waals surface area contributed by atoms with Crippen LogP contribution in [0.4, 0.5) is 4.39 Å². The van der Waals surface area contributed by atoms with Crippen molar-refractivity contribution in [3.63, 3.8) is 0 Å². The smallest absolute Gasteiger partial charge is 0.325 e. The first-order chi connectivity index (χ1) is 13.0. The van der Waals surface area contributed by atoms with E-state index in [1.165, 1.54) is 29.9 Å². The van der Waals surface area contributed by atoms with Crippen LogP contribution in [0.15, 0.2) is 47.5 Å². The monoisotopic (exact) mass is 408 g/mol. The molecule has 0 aliphatic rings. The van der Waals surface area contributed by atoms with Crippen LogP contribution < -0.4 is 9.54 Å². The number of fused-ring (bicyclic) bond motifs is 1. The number of carbonyl (C=O) groups excluding carboxylic acids is 2. The van der Waals surface area contributed by atoms with Crippen molar-refractivity contribution in [2.75, 3.05) is 13.7 Å². The van der Waals surface area contributed by atoms with E-state index in [1.807, 2.05) is 0 Å². The average Bonchev–Trinajstić information content (AvgIpc) is 2.97. The van der Waals surface area contributed by atoms with E-state index in [2.05, 4.69) is 9.73 Å². The largest absolute Gasteiger partial charge is 0.484 e. The van der Waals surface area contributed by atoms with Gasteiger partial charge in [0.05, 0.1) is 17.3 Å². The lowest BCUT2D eigenvalue weighted by Crippen LogP contribution is -2.23. The minimum Gasteiger partial charge on any atom is -0.484 e. The van der Waals surface area contributed by atoms with Gasteiger partial charge in [-0.2, -0.15) is 4.99 Å². The van der Waals surface area contributed by atoms with Gasteiger partial charge in [-0.25, -0.2) is 4.39 Å². The first-order valence-electron chi connectivity index (χ1n) is 7.78. The molecule has 0 fully saturated rings. The number of carbonyl (C=O) groups is 2. The summed E-state index contributed by atoms with van der Waals surface area (Å²) in [4.78, 5) is 28.1. The van der Waals surface area contributed by atoms with Crippen LogP contribution in [0.1, 0.15) is 0 Å². The number of hydrogen-bond acceptors (Lipinski definition) is 5. The number of aromatic nitrogens is 1. The van der Waals surface area contributed by atoms with Crippen LogP contribution in [0.2, 0.25) is 5.02 Å². The highest BCUT2D eigenvalue weighted by atomic mass is 35.5. The summed E-state index contributed by atoms with van der Waals surface area (Å²) in [5.41, 5.74) is 0.581. The Kier molecular flexibility index (Phi) is 5.88. The predicted octanol–water partition coefficient (Wildman–Crippen LogP) is 3.17. The molecule has 140 valence electrons. The maximum Gasteiger partial charge on any atom is 0.325 e. The Morgan fingerprint density at radius 2 is 1.96 bits per heavy atom. The number of hydrogen-bond donors (Lipinski definition) is 0. The van der Waals surface area contributed by atoms with Gasteiger partial charge < -0.3 is 14.0 Å². The second kappa shape index (κ2) is 8.32. The Morgan fingerprint density at radius 3 is 2.67 bits per heavy atom. The molecule has 6 nitrogen and oxygen atoms in total. The Balaban J connectivity index is 1.88. The zero-order valence-electron chi connectivity index (χ0n) is 14.1. The number of amides is 1. The van der Waals surface area contributed by atoms with Crippen molar-refractivity contribution in [2.45, 2.75) is 6.54 Å². The number of thiazole rings is 1. The van der Waals surface area contributed by atoms with Gasteiger partial charge >= 0.3 is 5.97 Å². The van der Waals surface area contributed by atoms with Crippen LogP contribution in [-0.2, 0) is 20.9 Å². The highest BCUT2D eigenvalue weighted by Gasteiger charge is 2.12. The van der Waals surface area contributed by atoms with E-state index >= 15 is 0 Å². The van der Waals surface area contributed by atoms with E-state index in [1.54, 1.807) is 24.3 Å². The van der Waals surface area contributed by atoms with Crippen molar-refractivity contribution in [2.24, 2.45) is 4.99 Å². The fraction of sp³-hybridized carbons (Fsp3) is 0.167. The molecular weight excluding hydrogens is 395 g/mol. The van der Waals surface area contributed by atoms with Crippen molar-refractivity contribution in [1.29, 1.82) is 0 Å². The number of nitrogens with zero attached hydrogens (tertiary/aromatic N) is 2. The lowest BCUT2D eigenvalue weighted by atomic mass is 10.3. The van der Waals surface area contributed by atoms with Gasteiger partial charge in [-0.05, 0) is 42.5 Å². The molecule has 0 N–H and O–H groups in total. The normalized spacial score (nSPS) is 11.6. The Morgan fingerprint density at radius 1 is 1.22 bits per heavy atom. The van der Waals surface area contributed by atoms with Gasteiger partial charge in [0.15, 0.2) is 11.4 Å². The van der Waals surface area contributed by atoms with E-state index in [0.717, 1.165) is 11.3 Å². The molecule has 27 heavy (non-hydrogen) atoms. The van der Waals surface area contributed by atoms with Crippen LogP contribution in [0.5, 0.6) is 5.75 Å². The summed E-state index contributed by atoms with van der Waals surface area (Å²) in [6, 6.07) is 10.7. The third kappa shape index (κ3) is 4.72. The quantitative estimate of drug-likeness (QED) is 0.608. The molecule has 0 aliphatic carbocycles. The third-order valence-electron chi connectivity index (χ3n) is 3.56. The number of halogens is 2. The van der Waals surface area contributed by atoms with Crippen molar-refractivity contribution < 1.29 is 23.5 Å². The first kappa shape index (κ1) is 19.1. The zero-order chi connectivity index (χ0) is 19.4. The van der Waals surface area contributed by atoms with Crippen LogP contribution in [0, 0.1) is 5.82 Å². The Labute approximate surface area is 162 Å². The summed E-state index contributed by atoms with van der Waals surface area (Å²) in [6.45, 7) is -0.436. The summed E-state index contributed by atoms with van der Waals surface area (Å²) in [5, 5.41) is 0.555. The summed E-state index contributed by atoms with van der Waals surface area (Å²) in [6.07, 6.45) is 0. The highest BCUT2D eigenvalue weighted by Crippen LogP contribution is 2.19. The number of benzene rings is 2. The molecule has 0 spiro atoms. The lowest BCUT2D eigenvalue weighted by Gasteiger charge is -2.04. The van der Waals surface area contributed by atoms with Crippen LogP contribution in [0.3, 0.4) is 0 Å². The fourth-order valence-corrected chi connectivity index (χ4v) is 3.49. The molecule has 1 amide bonds. The topological polar surface area (TPSA) is 69.9 Å². The molecule has 9 heteroatoms. The maximum atomic E-state index is 13.5. The third-order valence-corrected chi connectivity index (χ3v) is 4.85. The second-order valence-corrected chi connectivity index (χ2v) is 6.85. The molecule has 1 aromatic heterocycles. The molecule has 0 saturated carbocycles. The summed E-state index contributed by atoms with van der Waals surface area (Å²) in [5.74, 6) is -0.998. The highest BCUT2D eigenvalue weighted by molar-refractivity contribution is 7.16. The summed E-state index contributed by atoms with van der Waals surface area (Å²) >= 11 is 6.89.